The van der Waals surface area contributed by atoms with E-state index in [2.05, 4.69) is 62.8 Å². The molecule has 0 bridgehead atoms. The molecule has 0 atom stereocenters. The van der Waals surface area contributed by atoms with Gasteiger partial charge in [-0.2, -0.15) is 5.10 Å². The molecule has 1 fully saturated rings. The number of piperazine rings is 1. The number of methoxy groups -OCH3 is 1. The van der Waals surface area contributed by atoms with Gasteiger partial charge in [0.1, 0.15) is 17.0 Å². The zero-order valence-corrected chi connectivity index (χ0v) is 17.1. The first-order valence-electron chi connectivity index (χ1n) is 10.1. The molecule has 2 aromatic carbocycles. The maximum Gasteiger partial charge on any atom is 0.162 e. The predicted octanol–water partition coefficient (Wildman–Crippen LogP) is 3.27. The van der Waals surface area contributed by atoms with E-state index in [4.69, 9.17) is 9.72 Å². The van der Waals surface area contributed by atoms with E-state index in [-0.39, 0.29) is 0 Å². The van der Waals surface area contributed by atoms with Gasteiger partial charge in [0.05, 0.1) is 18.1 Å². The number of nitrogens with zero attached hydrogens (tertiary/aromatic N) is 5. The minimum atomic E-state index is 0.786. The highest BCUT2D eigenvalue weighted by Gasteiger charge is 2.20. The summed E-state index contributed by atoms with van der Waals surface area (Å²) >= 11 is 0. The van der Waals surface area contributed by atoms with E-state index < -0.39 is 0 Å². The van der Waals surface area contributed by atoms with Crippen LogP contribution in [-0.4, -0.2) is 64.5 Å². The molecule has 0 aliphatic carbocycles. The van der Waals surface area contributed by atoms with Crippen LogP contribution in [0, 0.1) is 0 Å². The Labute approximate surface area is 169 Å². The average molecular weight is 390 g/mol. The summed E-state index contributed by atoms with van der Waals surface area (Å²) in [6.45, 7) is 7.72. The summed E-state index contributed by atoms with van der Waals surface area (Å²) in [5.41, 5.74) is 5.10. The largest absolute Gasteiger partial charge is 0.494 e. The normalized spacial score (nSPS) is 15.5. The molecule has 0 saturated carbocycles. The fourth-order valence-corrected chi connectivity index (χ4v) is 4.27. The summed E-state index contributed by atoms with van der Waals surface area (Å²) in [6, 6.07) is 12.5. The van der Waals surface area contributed by atoms with Crippen molar-refractivity contribution in [1.82, 2.24) is 24.6 Å². The fraction of sp³-hybridized carbons (Fsp3) is 0.364. The van der Waals surface area contributed by atoms with Gasteiger partial charge in [0.15, 0.2) is 5.82 Å². The van der Waals surface area contributed by atoms with Crippen molar-refractivity contribution in [2.24, 2.45) is 7.05 Å². The molecule has 4 aromatic rings. The summed E-state index contributed by atoms with van der Waals surface area (Å²) in [6.07, 6.45) is 0. The molecule has 29 heavy (non-hydrogen) atoms. The molecule has 0 spiro atoms. The van der Waals surface area contributed by atoms with Crippen LogP contribution in [0.2, 0.25) is 0 Å². The second-order valence-corrected chi connectivity index (χ2v) is 7.54. The third-order valence-corrected chi connectivity index (χ3v) is 6.04. The average Bonchev–Trinajstić information content (AvgIpc) is 3.34. The summed E-state index contributed by atoms with van der Waals surface area (Å²) in [4.78, 5) is 9.84. The number of hydrogen-bond acceptors (Lipinski definition) is 5. The number of aromatic nitrogens is 4. The van der Waals surface area contributed by atoms with Crippen LogP contribution >= 0.6 is 0 Å². The second-order valence-electron chi connectivity index (χ2n) is 7.54. The van der Waals surface area contributed by atoms with Crippen LogP contribution in [0.15, 0.2) is 36.4 Å². The number of hydrogen-bond donors (Lipinski definition) is 1. The van der Waals surface area contributed by atoms with Gasteiger partial charge in [0.2, 0.25) is 0 Å². The second kappa shape index (κ2) is 7.08. The number of likely N-dealkylation sites (N-methyl/N-ethyl adjacent to an activating group) is 1. The van der Waals surface area contributed by atoms with Gasteiger partial charge < -0.3 is 19.1 Å². The Morgan fingerprint density at radius 1 is 1.10 bits per heavy atom. The third-order valence-electron chi connectivity index (χ3n) is 6.04. The van der Waals surface area contributed by atoms with E-state index in [1.807, 2.05) is 12.1 Å². The van der Waals surface area contributed by atoms with Crippen LogP contribution in [0.25, 0.3) is 33.5 Å². The van der Waals surface area contributed by atoms with E-state index in [1.165, 1.54) is 5.69 Å². The van der Waals surface area contributed by atoms with Crippen LogP contribution in [-0.2, 0) is 7.05 Å². The number of aromatic amines is 1. The molecule has 5 rings (SSSR count). The molecule has 1 saturated heterocycles. The molecule has 0 unspecified atom stereocenters. The van der Waals surface area contributed by atoms with E-state index in [0.717, 1.165) is 71.9 Å². The zero-order chi connectivity index (χ0) is 20.0. The van der Waals surface area contributed by atoms with Crippen molar-refractivity contribution in [3.63, 3.8) is 0 Å². The van der Waals surface area contributed by atoms with Crippen molar-refractivity contribution < 1.29 is 4.74 Å². The lowest BCUT2D eigenvalue weighted by Gasteiger charge is -2.35. The van der Waals surface area contributed by atoms with Gasteiger partial charge in [-0.1, -0.05) is 19.1 Å². The molecule has 2 aromatic heterocycles. The van der Waals surface area contributed by atoms with Crippen molar-refractivity contribution in [3.8, 4) is 17.3 Å². The number of ether oxygens (including phenoxy) is 1. The maximum absolute atomic E-state index is 5.46. The third kappa shape index (κ3) is 2.93. The Bertz CT molecular complexity index is 1170. The first-order valence-corrected chi connectivity index (χ1v) is 10.1. The molecule has 7 nitrogen and oxygen atoms in total. The van der Waals surface area contributed by atoms with Crippen LogP contribution in [0.5, 0.6) is 5.75 Å². The number of rotatable bonds is 4. The van der Waals surface area contributed by atoms with Gasteiger partial charge in [-0.15, -0.1) is 0 Å². The van der Waals surface area contributed by atoms with Crippen LogP contribution in [0.4, 0.5) is 5.69 Å². The van der Waals surface area contributed by atoms with Gasteiger partial charge in [0.25, 0.3) is 0 Å². The van der Waals surface area contributed by atoms with Gasteiger partial charge >= 0.3 is 0 Å². The Morgan fingerprint density at radius 2 is 1.93 bits per heavy atom. The minimum Gasteiger partial charge on any atom is -0.494 e. The van der Waals surface area contributed by atoms with Crippen molar-refractivity contribution >= 4 is 27.6 Å². The van der Waals surface area contributed by atoms with E-state index in [1.54, 1.807) is 7.11 Å². The molecule has 0 radical (unpaired) electrons. The quantitative estimate of drug-likeness (QED) is 0.579. The zero-order valence-electron chi connectivity index (χ0n) is 17.1. The molecule has 1 aliphatic rings. The van der Waals surface area contributed by atoms with Crippen LogP contribution < -0.4 is 9.64 Å². The smallest absolute Gasteiger partial charge is 0.162 e. The Hall–Kier alpha value is -3.06. The number of imidazole rings is 1. The maximum atomic E-state index is 5.46. The molecule has 1 N–H and O–H groups in total. The highest BCUT2D eigenvalue weighted by molar-refractivity contribution is 5.96. The van der Waals surface area contributed by atoms with Crippen molar-refractivity contribution in [1.29, 1.82) is 0 Å². The number of nitrogens with one attached hydrogen (secondary N) is 1. The monoisotopic (exact) mass is 390 g/mol. The lowest BCUT2D eigenvalue weighted by Crippen LogP contribution is -2.46. The molecule has 1 aliphatic heterocycles. The standard InChI is InChI=1S/C22H26N6O/c1-4-27-10-12-28(13-11-27)15-8-9-17-18(14-15)26(2)22(23-17)21-16-6-5-7-19(29-3)20(16)24-25-21/h5-9,14H,4,10-13H2,1-3H3,(H,24,25). The van der Waals surface area contributed by atoms with Crippen LogP contribution in [0.1, 0.15) is 6.92 Å². The number of anilines is 1. The van der Waals surface area contributed by atoms with Gasteiger partial charge in [-0.05, 0) is 30.8 Å². The number of H-pyrrole nitrogens is 1. The van der Waals surface area contributed by atoms with Crippen molar-refractivity contribution in [2.75, 3.05) is 44.7 Å². The van der Waals surface area contributed by atoms with E-state index in [9.17, 15) is 0 Å². The molecule has 0 amide bonds. The summed E-state index contributed by atoms with van der Waals surface area (Å²) in [5.74, 6) is 1.64. The summed E-state index contributed by atoms with van der Waals surface area (Å²) in [7, 11) is 3.73. The number of aryl methyl sites for hydroxylation is 1. The Kier molecular flexibility index (Phi) is 4.39. The van der Waals surface area contributed by atoms with E-state index in [0.29, 0.717) is 0 Å². The molecule has 150 valence electrons. The van der Waals surface area contributed by atoms with Gasteiger partial charge in [-0.3, -0.25) is 5.10 Å². The van der Waals surface area contributed by atoms with Gasteiger partial charge in [-0.25, -0.2) is 4.98 Å². The molecule has 3 heterocycles. The number of fused-ring (bicyclic) bond motifs is 2. The highest BCUT2D eigenvalue weighted by Crippen LogP contribution is 2.33. The molecular weight excluding hydrogens is 364 g/mol. The van der Waals surface area contributed by atoms with E-state index >= 15 is 0 Å². The Morgan fingerprint density at radius 3 is 2.69 bits per heavy atom. The van der Waals surface area contributed by atoms with Crippen LogP contribution in [0.3, 0.4) is 0 Å². The Balaban J connectivity index is 1.55. The first kappa shape index (κ1) is 18.0. The first-order chi connectivity index (χ1) is 14.2. The number of benzene rings is 2. The fourth-order valence-electron chi connectivity index (χ4n) is 4.27. The SMILES string of the molecule is CCN1CCN(c2ccc3nc(-c4n[nH]c5c(OC)cccc45)n(C)c3c2)CC1. The summed E-state index contributed by atoms with van der Waals surface area (Å²) in [5, 5.41) is 8.68. The minimum absolute atomic E-state index is 0.786. The predicted molar refractivity (Wildman–Crippen MR) is 117 cm³/mol. The van der Waals surface area contributed by atoms with Crippen molar-refractivity contribution in [3.05, 3.63) is 36.4 Å². The lowest BCUT2D eigenvalue weighted by atomic mass is 10.2. The lowest BCUT2D eigenvalue weighted by molar-refractivity contribution is 0.271. The highest BCUT2D eigenvalue weighted by atomic mass is 16.5. The molecule has 7 heteroatoms. The topological polar surface area (TPSA) is 62.2 Å². The number of para-hydroxylation sites is 1. The summed E-state index contributed by atoms with van der Waals surface area (Å²) < 4.78 is 7.59. The molecular formula is C22H26N6O. The van der Waals surface area contributed by atoms with Crippen molar-refractivity contribution in [2.45, 2.75) is 6.92 Å². The van der Waals surface area contributed by atoms with Gasteiger partial charge in [0, 0.05) is 44.3 Å².